The Bertz CT molecular complexity index is 658. The molecule has 0 saturated carbocycles. The first-order valence-corrected chi connectivity index (χ1v) is 12.6. The highest BCUT2D eigenvalue weighted by Crippen LogP contribution is 2.30. The van der Waals surface area contributed by atoms with Crippen LogP contribution >= 0.6 is 0 Å². The van der Waals surface area contributed by atoms with Gasteiger partial charge in [0.05, 0.1) is 17.3 Å². The first-order chi connectivity index (χ1) is 15.0. The molecular formula is C26H51N3O4. The Morgan fingerprint density at radius 2 is 1.61 bits per heavy atom. The normalized spacial score (nSPS) is 21.0. The van der Waals surface area contributed by atoms with E-state index in [-0.39, 0.29) is 29.2 Å². The Kier molecular flexibility index (Phi) is 10.2. The van der Waals surface area contributed by atoms with Crippen LogP contribution in [0.25, 0.3) is 0 Å². The van der Waals surface area contributed by atoms with Gasteiger partial charge in [-0.15, -0.1) is 0 Å². The van der Waals surface area contributed by atoms with Crippen LogP contribution in [-0.4, -0.2) is 64.9 Å². The van der Waals surface area contributed by atoms with E-state index in [2.05, 4.69) is 52.2 Å². The van der Waals surface area contributed by atoms with Gasteiger partial charge in [0.2, 0.25) is 5.91 Å². The maximum atomic E-state index is 13.3. The number of likely N-dealkylation sites (tertiary alicyclic amines) is 1. The molecule has 1 saturated heterocycles. The highest BCUT2D eigenvalue weighted by atomic mass is 16.5. The zero-order valence-corrected chi connectivity index (χ0v) is 23.2. The van der Waals surface area contributed by atoms with Crippen LogP contribution in [0.4, 0.5) is 4.79 Å². The molecule has 3 atom stereocenters. The van der Waals surface area contributed by atoms with Crippen LogP contribution in [0.5, 0.6) is 0 Å². The van der Waals surface area contributed by atoms with E-state index >= 15 is 0 Å². The summed E-state index contributed by atoms with van der Waals surface area (Å²) in [5.74, 6) is -0.0829. The fourth-order valence-corrected chi connectivity index (χ4v) is 5.22. The van der Waals surface area contributed by atoms with Crippen molar-refractivity contribution >= 4 is 11.9 Å². The summed E-state index contributed by atoms with van der Waals surface area (Å²) in [6.07, 6.45) is 4.62. The lowest BCUT2D eigenvalue weighted by Crippen LogP contribution is -2.59. The summed E-state index contributed by atoms with van der Waals surface area (Å²) in [7, 11) is 1.71. The van der Waals surface area contributed by atoms with Crippen LogP contribution in [0.2, 0.25) is 0 Å². The molecule has 1 heterocycles. The van der Waals surface area contributed by atoms with Crippen LogP contribution in [0.15, 0.2) is 0 Å². The number of nitrogens with one attached hydrogen (secondary N) is 2. The molecule has 1 aliphatic rings. The number of urea groups is 1. The number of methoxy groups -OCH3 is 1. The molecule has 1 fully saturated rings. The second kappa shape index (κ2) is 11.4. The van der Waals surface area contributed by atoms with E-state index in [0.29, 0.717) is 25.8 Å². The van der Waals surface area contributed by atoms with Gasteiger partial charge in [-0.3, -0.25) is 4.79 Å². The van der Waals surface area contributed by atoms with Gasteiger partial charge in [0, 0.05) is 24.7 Å². The molecule has 0 spiro atoms. The second-order valence-corrected chi connectivity index (χ2v) is 11.9. The van der Waals surface area contributed by atoms with Crippen molar-refractivity contribution in [2.75, 3.05) is 13.7 Å². The molecule has 2 N–H and O–H groups in total. The van der Waals surface area contributed by atoms with E-state index in [1.807, 2.05) is 27.7 Å². The first-order valence-electron chi connectivity index (χ1n) is 12.6. The second-order valence-electron chi connectivity index (χ2n) is 11.9. The van der Waals surface area contributed by atoms with Gasteiger partial charge in [-0.1, -0.05) is 13.8 Å². The summed E-state index contributed by atoms with van der Waals surface area (Å²) < 4.78 is 11.8. The summed E-state index contributed by atoms with van der Waals surface area (Å²) >= 11 is 0. The van der Waals surface area contributed by atoms with Crippen molar-refractivity contribution in [3.05, 3.63) is 0 Å². The van der Waals surface area contributed by atoms with Crippen LogP contribution in [0.1, 0.15) is 108 Å². The number of nitrogens with zero attached hydrogens (tertiary/aromatic N) is 1. The van der Waals surface area contributed by atoms with E-state index in [9.17, 15) is 9.59 Å². The van der Waals surface area contributed by atoms with Crippen LogP contribution < -0.4 is 10.6 Å². The third-order valence-corrected chi connectivity index (χ3v) is 6.89. The van der Waals surface area contributed by atoms with Crippen molar-refractivity contribution in [3.63, 3.8) is 0 Å². The SMILES string of the molecule is CCC(C)(CC(C)(C)OC(C)C)NC(=O)C1CCCN1C(=O)NC(C)(C)CC(C)(CC)OC. The zero-order chi connectivity index (χ0) is 25.7. The summed E-state index contributed by atoms with van der Waals surface area (Å²) in [6.45, 7) is 21.1. The molecule has 194 valence electrons. The summed E-state index contributed by atoms with van der Waals surface area (Å²) in [5.41, 5.74) is -1.55. The van der Waals surface area contributed by atoms with Gasteiger partial charge in [0.1, 0.15) is 6.04 Å². The van der Waals surface area contributed by atoms with Gasteiger partial charge < -0.3 is 25.0 Å². The lowest BCUT2D eigenvalue weighted by Gasteiger charge is -2.40. The number of carbonyl (C=O) groups excluding carboxylic acids is 2. The molecule has 0 aromatic carbocycles. The lowest BCUT2D eigenvalue weighted by atomic mass is 9.85. The third kappa shape index (κ3) is 9.08. The molecule has 3 unspecified atom stereocenters. The van der Waals surface area contributed by atoms with Crippen LogP contribution in [0, 0.1) is 0 Å². The quantitative estimate of drug-likeness (QED) is 0.420. The van der Waals surface area contributed by atoms with E-state index in [4.69, 9.17) is 9.47 Å². The minimum absolute atomic E-state index is 0.0829. The smallest absolute Gasteiger partial charge is 0.318 e. The molecule has 0 bridgehead atoms. The van der Waals surface area contributed by atoms with Gasteiger partial charge in [0.25, 0.3) is 0 Å². The number of amides is 3. The molecule has 1 rings (SSSR count). The highest BCUT2D eigenvalue weighted by Gasteiger charge is 2.41. The monoisotopic (exact) mass is 469 g/mol. The average molecular weight is 470 g/mol. The van der Waals surface area contributed by atoms with Gasteiger partial charge >= 0.3 is 6.03 Å². The van der Waals surface area contributed by atoms with Crippen molar-refractivity contribution < 1.29 is 19.1 Å². The molecule has 7 heteroatoms. The molecular weight excluding hydrogens is 418 g/mol. The number of hydrogen-bond donors (Lipinski definition) is 2. The van der Waals surface area contributed by atoms with Gasteiger partial charge in [-0.05, 0) is 93.9 Å². The Morgan fingerprint density at radius 3 is 2.09 bits per heavy atom. The van der Waals surface area contributed by atoms with Crippen molar-refractivity contribution in [3.8, 4) is 0 Å². The molecule has 0 aliphatic carbocycles. The number of ether oxygens (including phenoxy) is 2. The van der Waals surface area contributed by atoms with E-state index in [1.54, 1.807) is 12.0 Å². The van der Waals surface area contributed by atoms with Gasteiger partial charge in [0.15, 0.2) is 0 Å². The maximum absolute atomic E-state index is 13.3. The standard InChI is InChI=1S/C26H51N3O4/c1-12-25(9,18-24(7,8)33-19(3)4)27-21(30)20-15-14-16-29(20)22(31)28-23(5,6)17-26(10,13-2)32-11/h19-20H,12-18H2,1-11H3,(H,27,30)(H,28,31). The zero-order valence-electron chi connectivity index (χ0n) is 23.2. The van der Waals surface area contributed by atoms with Gasteiger partial charge in [-0.2, -0.15) is 0 Å². The summed E-state index contributed by atoms with van der Waals surface area (Å²) in [4.78, 5) is 28.2. The Hall–Kier alpha value is -1.34. The maximum Gasteiger partial charge on any atom is 0.318 e. The molecule has 33 heavy (non-hydrogen) atoms. The number of hydrogen-bond acceptors (Lipinski definition) is 4. The average Bonchev–Trinajstić information content (AvgIpc) is 3.15. The molecule has 3 amide bonds. The Morgan fingerprint density at radius 1 is 1.00 bits per heavy atom. The molecule has 1 aliphatic heterocycles. The van der Waals surface area contributed by atoms with E-state index in [1.165, 1.54) is 0 Å². The predicted molar refractivity (Wildman–Crippen MR) is 134 cm³/mol. The van der Waals surface area contributed by atoms with Gasteiger partial charge in [-0.25, -0.2) is 4.79 Å². The minimum Gasteiger partial charge on any atom is -0.378 e. The largest absolute Gasteiger partial charge is 0.378 e. The van der Waals surface area contributed by atoms with Crippen LogP contribution in [0.3, 0.4) is 0 Å². The Labute approximate surface area is 202 Å². The van der Waals surface area contributed by atoms with E-state index < -0.39 is 17.1 Å². The van der Waals surface area contributed by atoms with Crippen molar-refractivity contribution in [2.24, 2.45) is 0 Å². The van der Waals surface area contributed by atoms with Crippen molar-refractivity contribution in [2.45, 2.75) is 142 Å². The number of carbonyl (C=O) groups is 2. The molecule has 0 aromatic rings. The fourth-order valence-electron chi connectivity index (χ4n) is 5.22. The predicted octanol–water partition coefficient (Wildman–Crippen LogP) is 5.02. The van der Waals surface area contributed by atoms with Crippen molar-refractivity contribution in [1.82, 2.24) is 15.5 Å². The van der Waals surface area contributed by atoms with Crippen molar-refractivity contribution in [1.29, 1.82) is 0 Å². The number of rotatable bonds is 12. The summed E-state index contributed by atoms with van der Waals surface area (Å²) in [5, 5.41) is 6.41. The van der Waals surface area contributed by atoms with Crippen LogP contribution in [-0.2, 0) is 14.3 Å². The van der Waals surface area contributed by atoms with E-state index in [0.717, 1.165) is 19.3 Å². The highest BCUT2D eigenvalue weighted by molar-refractivity contribution is 5.88. The molecule has 0 aromatic heterocycles. The lowest BCUT2D eigenvalue weighted by molar-refractivity contribution is -0.128. The molecule has 7 nitrogen and oxygen atoms in total. The Balaban J connectivity index is 2.88. The third-order valence-electron chi connectivity index (χ3n) is 6.89. The fraction of sp³-hybridized carbons (Fsp3) is 0.923. The molecule has 0 radical (unpaired) electrons. The topological polar surface area (TPSA) is 79.9 Å². The minimum atomic E-state index is -0.461. The summed E-state index contributed by atoms with van der Waals surface area (Å²) in [6, 6.07) is -0.644. The first kappa shape index (κ1) is 29.7.